The molecular weight excluding hydrogens is 300 g/mol. The van der Waals surface area contributed by atoms with Gasteiger partial charge in [0.25, 0.3) is 5.91 Å². The lowest BCUT2D eigenvalue weighted by Crippen LogP contribution is -2.51. The van der Waals surface area contributed by atoms with E-state index in [1.807, 2.05) is 13.1 Å². The van der Waals surface area contributed by atoms with E-state index >= 15 is 0 Å². The fraction of sp³-hybridized carbons (Fsp3) is 0.789. The maximum absolute atomic E-state index is 12.6. The Morgan fingerprint density at radius 3 is 2.71 bits per heavy atom. The Balaban J connectivity index is 1.62. The molecule has 134 valence electrons. The first kappa shape index (κ1) is 17.5. The van der Waals surface area contributed by atoms with Gasteiger partial charge in [-0.15, -0.1) is 0 Å². The summed E-state index contributed by atoms with van der Waals surface area (Å²) in [6, 6.07) is 2.60. The van der Waals surface area contributed by atoms with E-state index in [9.17, 15) is 4.79 Å². The molecule has 0 aromatic carbocycles. The van der Waals surface area contributed by atoms with Crippen molar-refractivity contribution in [2.45, 2.75) is 64.3 Å². The van der Waals surface area contributed by atoms with Crippen LogP contribution in [0, 0.1) is 5.92 Å². The molecule has 2 atom stereocenters. The summed E-state index contributed by atoms with van der Waals surface area (Å²) in [6.45, 7) is 9.64. The number of nitrogens with one attached hydrogen (secondary N) is 1. The van der Waals surface area contributed by atoms with Gasteiger partial charge >= 0.3 is 0 Å². The lowest BCUT2D eigenvalue weighted by molar-refractivity contribution is 0.0574. The number of rotatable bonds is 3. The number of carbonyl (C=O) groups is 1. The first-order chi connectivity index (χ1) is 11.4. The molecule has 0 aliphatic carbocycles. The van der Waals surface area contributed by atoms with Gasteiger partial charge in [-0.2, -0.15) is 5.10 Å². The lowest BCUT2D eigenvalue weighted by Gasteiger charge is -2.44. The van der Waals surface area contributed by atoms with Crippen molar-refractivity contribution in [1.82, 2.24) is 20.0 Å². The monoisotopic (exact) mass is 332 g/mol. The minimum absolute atomic E-state index is 0.00781. The third-order valence-corrected chi connectivity index (χ3v) is 5.63. The number of amides is 1. The van der Waals surface area contributed by atoms with Gasteiger partial charge in [-0.05, 0) is 50.8 Å². The van der Waals surface area contributed by atoms with E-state index in [1.165, 1.54) is 45.2 Å². The summed E-state index contributed by atoms with van der Waals surface area (Å²) in [5.74, 6) is 0.603. The molecule has 1 amide bonds. The van der Waals surface area contributed by atoms with E-state index in [-0.39, 0.29) is 11.3 Å². The highest BCUT2D eigenvalue weighted by molar-refractivity contribution is 5.92. The predicted molar refractivity (Wildman–Crippen MR) is 96.2 cm³/mol. The van der Waals surface area contributed by atoms with Crippen LogP contribution >= 0.6 is 0 Å². The fourth-order valence-corrected chi connectivity index (χ4v) is 4.18. The molecule has 0 bridgehead atoms. The Labute approximate surface area is 145 Å². The second-order valence-electron chi connectivity index (χ2n) is 8.50. The van der Waals surface area contributed by atoms with Gasteiger partial charge in [-0.25, -0.2) is 0 Å². The molecule has 2 saturated heterocycles. The molecule has 0 saturated carbocycles. The predicted octanol–water partition coefficient (Wildman–Crippen LogP) is 2.71. The van der Waals surface area contributed by atoms with E-state index in [0.717, 1.165) is 12.2 Å². The SMILES string of the molecule is Cn1nc(C(C)(C)C)cc1C(=O)NCC1CCCN2CCCCC12. The summed E-state index contributed by atoms with van der Waals surface area (Å²) < 4.78 is 1.71. The van der Waals surface area contributed by atoms with Crippen LogP contribution in [0.2, 0.25) is 0 Å². The Morgan fingerprint density at radius 1 is 1.25 bits per heavy atom. The molecular formula is C19H32N4O. The maximum atomic E-state index is 12.6. The molecule has 0 spiro atoms. The Kier molecular flexibility index (Phi) is 5.00. The molecule has 1 aromatic rings. The molecule has 2 aliphatic heterocycles. The van der Waals surface area contributed by atoms with Crippen molar-refractivity contribution in [2.75, 3.05) is 19.6 Å². The third kappa shape index (κ3) is 3.66. The minimum atomic E-state index is -0.0394. The van der Waals surface area contributed by atoms with Crippen LogP contribution < -0.4 is 5.32 Å². The smallest absolute Gasteiger partial charge is 0.269 e. The van der Waals surface area contributed by atoms with Crippen LogP contribution in [0.1, 0.15) is 69.1 Å². The zero-order chi connectivity index (χ0) is 17.3. The zero-order valence-corrected chi connectivity index (χ0v) is 15.6. The van der Waals surface area contributed by atoms with Crippen molar-refractivity contribution in [2.24, 2.45) is 13.0 Å². The van der Waals surface area contributed by atoms with Gasteiger partial charge in [-0.3, -0.25) is 9.48 Å². The highest BCUT2D eigenvalue weighted by Gasteiger charge is 2.33. The number of fused-ring (bicyclic) bond motifs is 1. The van der Waals surface area contributed by atoms with Gasteiger partial charge in [0.05, 0.1) is 5.69 Å². The van der Waals surface area contributed by atoms with E-state index in [2.05, 4.69) is 36.1 Å². The number of hydrogen-bond acceptors (Lipinski definition) is 3. The van der Waals surface area contributed by atoms with Crippen molar-refractivity contribution < 1.29 is 4.79 Å². The second kappa shape index (κ2) is 6.87. The van der Waals surface area contributed by atoms with Gasteiger partial charge in [0.1, 0.15) is 5.69 Å². The summed E-state index contributed by atoms with van der Waals surface area (Å²) in [7, 11) is 1.85. The van der Waals surface area contributed by atoms with Crippen molar-refractivity contribution in [3.05, 3.63) is 17.5 Å². The van der Waals surface area contributed by atoms with E-state index in [4.69, 9.17) is 0 Å². The van der Waals surface area contributed by atoms with Crippen LogP contribution in [0.15, 0.2) is 6.07 Å². The van der Waals surface area contributed by atoms with Crippen LogP contribution in [-0.2, 0) is 12.5 Å². The highest BCUT2D eigenvalue weighted by Crippen LogP contribution is 2.30. The van der Waals surface area contributed by atoms with Gasteiger partial charge in [0, 0.05) is 25.0 Å². The summed E-state index contributed by atoms with van der Waals surface area (Å²) in [5, 5.41) is 7.69. The first-order valence-electron chi connectivity index (χ1n) is 9.43. The Morgan fingerprint density at radius 2 is 2.00 bits per heavy atom. The molecule has 2 aliphatic rings. The number of piperidine rings is 2. The Hall–Kier alpha value is -1.36. The number of aromatic nitrogens is 2. The molecule has 0 radical (unpaired) electrons. The van der Waals surface area contributed by atoms with Crippen molar-refractivity contribution >= 4 is 5.91 Å². The van der Waals surface area contributed by atoms with Crippen LogP contribution in [0.4, 0.5) is 0 Å². The second-order valence-corrected chi connectivity index (χ2v) is 8.50. The highest BCUT2D eigenvalue weighted by atomic mass is 16.2. The van der Waals surface area contributed by atoms with Crippen molar-refractivity contribution in [1.29, 1.82) is 0 Å². The molecule has 3 rings (SSSR count). The van der Waals surface area contributed by atoms with E-state index in [1.54, 1.807) is 4.68 Å². The number of aryl methyl sites for hydroxylation is 1. The zero-order valence-electron chi connectivity index (χ0n) is 15.6. The number of hydrogen-bond donors (Lipinski definition) is 1. The van der Waals surface area contributed by atoms with Crippen LogP contribution in [0.5, 0.6) is 0 Å². The quantitative estimate of drug-likeness (QED) is 0.926. The standard InChI is InChI=1S/C19H32N4O/c1-19(2,3)17-12-16(22(4)21-17)18(24)20-13-14-8-7-11-23-10-6-5-9-15(14)23/h12,14-15H,5-11,13H2,1-4H3,(H,20,24). The van der Waals surface area contributed by atoms with E-state index in [0.29, 0.717) is 17.7 Å². The number of nitrogens with zero attached hydrogens (tertiary/aromatic N) is 3. The third-order valence-electron chi connectivity index (χ3n) is 5.63. The lowest BCUT2D eigenvalue weighted by atomic mass is 9.83. The molecule has 2 fully saturated rings. The topological polar surface area (TPSA) is 50.2 Å². The molecule has 5 nitrogen and oxygen atoms in total. The van der Waals surface area contributed by atoms with E-state index < -0.39 is 0 Å². The minimum Gasteiger partial charge on any atom is -0.350 e. The summed E-state index contributed by atoms with van der Waals surface area (Å²) in [4.78, 5) is 15.3. The molecule has 24 heavy (non-hydrogen) atoms. The summed E-state index contributed by atoms with van der Waals surface area (Å²) >= 11 is 0. The number of carbonyl (C=O) groups excluding carboxylic acids is 1. The van der Waals surface area contributed by atoms with Gasteiger partial charge in [-0.1, -0.05) is 27.2 Å². The average Bonchev–Trinajstić information content (AvgIpc) is 2.95. The van der Waals surface area contributed by atoms with Crippen LogP contribution in [0.25, 0.3) is 0 Å². The molecule has 3 heterocycles. The molecule has 1 aromatic heterocycles. The van der Waals surface area contributed by atoms with Crippen LogP contribution in [0.3, 0.4) is 0 Å². The van der Waals surface area contributed by atoms with Crippen molar-refractivity contribution in [3.8, 4) is 0 Å². The summed E-state index contributed by atoms with van der Waals surface area (Å²) in [6.07, 6.45) is 6.46. The molecule has 2 unspecified atom stereocenters. The van der Waals surface area contributed by atoms with Gasteiger partial charge in [0.2, 0.25) is 0 Å². The average molecular weight is 332 g/mol. The van der Waals surface area contributed by atoms with Gasteiger partial charge in [0.15, 0.2) is 0 Å². The normalized spacial score (nSPS) is 25.3. The van der Waals surface area contributed by atoms with Gasteiger partial charge < -0.3 is 10.2 Å². The molecule has 1 N–H and O–H groups in total. The van der Waals surface area contributed by atoms with Crippen molar-refractivity contribution in [3.63, 3.8) is 0 Å². The Bertz CT molecular complexity index is 585. The summed E-state index contributed by atoms with van der Waals surface area (Å²) in [5.41, 5.74) is 1.59. The largest absolute Gasteiger partial charge is 0.350 e. The maximum Gasteiger partial charge on any atom is 0.269 e. The fourth-order valence-electron chi connectivity index (χ4n) is 4.18. The van der Waals surface area contributed by atoms with Crippen LogP contribution in [-0.4, -0.2) is 46.3 Å². The first-order valence-corrected chi connectivity index (χ1v) is 9.43. The molecule has 5 heteroatoms.